The van der Waals surface area contributed by atoms with E-state index >= 15 is 0 Å². The molecule has 0 amide bonds. The van der Waals surface area contributed by atoms with Crippen LogP contribution in [0.15, 0.2) is 30.3 Å². The molecule has 0 aliphatic heterocycles. The smallest absolute Gasteiger partial charge is 0.119 e. The Morgan fingerprint density at radius 1 is 1.15 bits per heavy atom. The topological polar surface area (TPSA) is 21.3 Å². The lowest BCUT2D eigenvalue weighted by Gasteiger charge is -2.10. The number of allylic oxidation sites excluding steroid dienone is 1. The Kier molecular flexibility index (Phi) is 7.38. The summed E-state index contributed by atoms with van der Waals surface area (Å²) in [5.74, 6) is 1.66. The van der Waals surface area contributed by atoms with E-state index in [0.29, 0.717) is 5.92 Å². The predicted octanol–water partition coefficient (Wildman–Crippen LogP) is 4.51. The van der Waals surface area contributed by atoms with E-state index in [1.54, 1.807) is 0 Å². The molecular formula is C18H29NO. The molecule has 0 radical (unpaired) electrons. The maximum absolute atomic E-state index is 5.65. The molecule has 1 N–H and O–H groups in total. The van der Waals surface area contributed by atoms with E-state index in [9.17, 15) is 0 Å². The second kappa shape index (κ2) is 8.80. The molecule has 0 unspecified atom stereocenters. The lowest BCUT2D eigenvalue weighted by molar-refractivity contribution is 0.242. The van der Waals surface area contributed by atoms with Gasteiger partial charge in [-0.05, 0) is 69.5 Å². The van der Waals surface area contributed by atoms with E-state index in [0.717, 1.165) is 25.3 Å². The van der Waals surface area contributed by atoms with Crippen molar-refractivity contribution in [1.29, 1.82) is 0 Å². The fourth-order valence-corrected chi connectivity index (χ4v) is 1.97. The first-order chi connectivity index (χ1) is 9.49. The molecule has 0 fully saturated rings. The van der Waals surface area contributed by atoms with Gasteiger partial charge in [0.1, 0.15) is 5.75 Å². The highest BCUT2D eigenvalue weighted by molar-refractivity contribution is 5.64. The van der Waals surface area contributed by atoms with Crippen molar-refractivity contribution in [1.82, 2.24) is 5.32 Å². The zero-order chi connectivity index (χ0) is 15.0. The van der Waals surface area contributed by atoms with E-state index in [4.69, 9.17) is 4.74 Å². The Hall–Kier alpha value is -1.28. The fraction of sp³-hybridized carbons (Fsp3) is 0.556. The average Bonchev–Trinajstić information content (AvgIpc) is 2.38. The van der Waals surface area contributed by atoms with Crippen LogP contribution in [0, 0.1) is 5.92 Å². The summed E-state index contributed by atoms with van der Waals surface area (Å²) in [7, 11) is 0. The highest BCUT2D eigenvalue weighted by atomic mass is 16.5. The van der Waals surface area contributed by atoms with Crippen molar-refractivity contribution in [2.24, 2.45) is 5.92 Å². The van der Waals surface area contributed by atoms with Crippen LogP contribution in [0.1, 0.15) is 46.6 Å². The van der Waals surface area contributed by atoms with Crippen molar-refractivity contribution in [2.75, 3.05) is 13.1 Å². The molecule has 0 spiro atoms. The maximum atomic E-state index is 5.65. The Morgan fingerprint density at radius 3 is 2.35 bits per heavy atom. The van der Waals surface area contributed by atoms with Gasteiger partial charge in [0, 0.05) is 0 Å². The Bertz CT molecular complexity index is 404. The van der Waals surface area contributed by atoms with Crippen LogP contribution in [-0.4, -0.2) is 19.2 Å². The van der Waals surface area contributed by atoms with Gasteiger partial charge in [0.2, 0.25) is 0 Å². The maximum Gasteiger partial charge on any atom is 0.119 e. The summed E-state index contributed by atoms with van der Waals surface area (Å²) in [5.41, 5.74) is 2.59. The minimum Gasteiger partial charge on any atom is -0.491 e. The van der Waals surface area contributed by atoms with Gasteiger partial charge in [-0.25, -0.2) is 0 Å². The fourth-order valence-electron chi connectivity index (χ4n) is 1.97. The van der Waals surface area contributed by atoms with E-state index in [-0.39, 0.29) is 6.10 Å². The number of hydrogen-bond acceptors (Lipinski definition) is 2. The van der Waals surface area contributed by atoms with Gasteiger partial charge < -0.3 is 10.1 Å². The van der Waals surface area contributed by atoms with Crippen LogP contribution in [-0.2, 0) is 0 Å². The van der Waals surface area contributed by atoms with E-state index in [2.05, 4.69) is 44.3 Å². The van der Waals surface area contributed by atoms with Crippen LogP contribution >= 0.6 is 0 Å². The van der Waals surface area contributed by atoms with Crippen LogP contribution in [0.2, 0.25) is 0 Å². The largest absolute Gasteiger partial charge is 0.491 e. The minimum absolute atomic E-state index is 0.226. The van der Waals surface area contributed by atoms with Crippen molar-refractivity contribution < 1.29 is 4.74 Å². The first kappa shape index (κ1) is 16.8. The summed E-state index contributed by atoms with van der Waals surface area (Å²) >= 11 is 0. The summed E-state index contributed by atoms with van der Waals surface area (Å²) in [5, 5.41) is 3.46. The molecule has 1 aromatic carbocycles. The molecule has 1 rings (SSSR count). The molecule has 1 aromatic rings. The third-order valence-electron chi connectivity index (χ3n) is 3.01. The van der Waals surface area contributed by atoms with Crippen molar-refractivity contribution in [2.45, 2.75) is 47.1 Å². The lowest BCUT2D eigenvalue weighted by atomic mass is 10.1. The second-order valence-electron chi connectivity index (χ2n) is 5.96. The molecule has 2 heteroatoms. The lowest BCUT2D eigenvalue weighted by Crippen LogP contribution is -2.20. The normalized spacial score (nSPS) is 12.2. The number of ether oxygens (including phenoxy) is 1. The van der Waals surface area contributed by atoms with Gasteiger partial charge in [-0.15, -0.1) is 0 Å². The van der Waals surface area contributed by atoms with Gasteiger partial charge in [0.05, 0.1) is 6.10 Å². The first-order valence-corrected chi connectivity index (χ1v) is 7.63. The summed E-state index contributed by atoms with van der Waals surface area (Å²) in [6.45, 7) is 12.9. The molecule has 0 saturated carbocycles. The number of hydrogen-bond donors (Lipinski definition) is 1. The molecule has 0 heterocycles. The van der Waals surface area contributed by atoms with Crippen LogP contribution < -0.4 is 10.1 Å². The molecule has 112 valence electrons. The second-order valence-corrected chi connectivity index (χ2v) is 5.96. The number of nitrogens with one attached hydrogen (secondary N) is 1. The van der Waals surface area contributed by atoms with Gasteiger partial charge in [-0.3, -0.25) is 0 Å². The first-order valence-electron chi connectivity index (χ1n) is 7.63. The highest BCUT2D eigenvalue weighted by Gasteiger charge is 1.99. The van der Waals surface area contributed by atoms with Crippen LogP contribution in [0.5, 0.6) is 5.75 Å². The van der Waals surface area contributed by atoms with Crippen molar-refractivity contribution >= 4 is 5.57 Å². The summed E-state index contributed by atoms with van der Waals surface area (Å²) in [6.07, 6.45) is 3.60. The zero-order valence-corrected chi connectivity index (χ0v) is 13.6. The Balaban J connectivity index is 2.44. The molecule has 2 nitrogen and oxygen atoms in total. The highest BCUT2D eigenvalue weighted by Crippen LogP contribution is 2.19. The summed E-state index contributed by atoms with van der Waals surface area (Å²) in [6, 6.07) is 8.35. The number of benzene rings is 1. The standard InChI is InChI=1S/C18H29NO/c1-14(2)13-19-12-6-7-16(5)17-8-10-18(11-9-17)20-15(3)4/h7-11,14-15,19H,6,12-13H2,1-5H3. The van der Waals surface area contributed by atoms with Gasteiger partial charge >= 0.3 is 0 Å². The predicted molar refractivity (Wildman–Crippen MR) is 88.2 cm³/mol. The third kappa shape index (κ3) is 6.76. The van der Waals surface area contributed by atoms with E-state index < -0.39 is 0 Å². The third-order valence-corrected chi connectivity index (χ3v) is 3.01. The zero-order valence-electron chi connectivity index (χ0n) is 13.6. The molecule has 0 aliphatic rings. The van der Waals surface area contributed by atoms with Gasteiger partial charge in [0.15, 0.2) is 0 Å². The van der Waals surface area contributed by atoms with E-state index in [1.165, 1.54) is 11.1 Å². The molecule has 0 atom stereocenters. The molecule has 0 aromatic heterocycles. The molecule has 0 bridgehead atoms. The number of rotatable bonds is 8. The average molecular weight is 275 g/mol. The SMILES string of the molecule is CC(=CCCNCC(C)C)c1ccc(OC(C)C)cc1. The van der Waals surface area contributed by atoms with Crippen LogP contribution in [0.3, 0.4) is 0 Å². The Morgan fingerprint density at radius 2 is 1.80 bits per heavy atom. The quantitative estimate of drug-likeness (QED) is 0.705. The van der Waals surface area contributed by atoms with Crippen LogP contribution in [0.4, 0.5) is 0 Å². The minimum atomic E-state index is 0.226. The van der Waals surface area contributed by atoms with Gasteiger partial charge in [-0.2, -0.15) is 0 Å². The summed E-state index contributed by atoms with van der Waals surface area (Å²) < 4.78 is 5.65. The van der Waals surface area contributed by atoms with Gasteiger partial charge in [-0.1, -0.05) is 32.1 Å². The van der Waals surface area contributed by atoms with Gasteiger partial charge in [0.25, 0.3) is 0 Å². The molecule has 20 heavy (non-hydrogen) atoms. The molecule has 0 saturated heterocycles. The molecular weight excluding hydrogens is 246 g/mol. The summed E-state index contributed by atoms with van der Waals surface area (Å²) in [4.78, 5) is 0. The van der Waals surface area contributed by atoms with Crippen molar-refractivity contribution in [3.8, 4) is 5.75 Å². The van der Waals surface area contributed by atoms with Crippen molar-refractivity contribution in [3.05, 3.63) is 35.9 Å². The molecule has 0 aliphatic carbocycles. The van der Waals surface area contributed by atoms with Crippen molar-refractivity contribution in [3.63, 3.8) is 0 Å². The monoisotopic (exact) mass is 275 g/mol. The van der Waals surface area contributed by atoms with E-state index in [1.807, 2.05) is 26.0 Å². The Labute approximate surface area is 124 Å². The van der Waals surface area contributed by atoms with Crippen LogP contribution in [0.25, 0.3) is 5.57 Å².